The second kappa shape index (κ2) is 4.31. The average Bonchev–Trinajstić information content (AvgIpc) is 2.09. The smallest absolute Gasteiger partial charge is 0.130 e. The van der Waals surface area contributed by atoms with Crippen molar-refractivity contribution >= 4 is 6.29 Å². The van der Waals surface area contributed by atoms with Crippen molar-refractivity contribution in [3.63, 3.8) is 0 Å². The minimum absolute atomic E-state index is 0.00691. The number of aldehydes is 1. The summed E-state index contributed by atoms with van der Waals surface area (Å²) in [7, 11) is 0. The van der Waals surface area contributed by atoms with E-state index < -0.39 is 17.6 Å². The Morgan fingerprint density at radius 2 is 1.93 bits per heavy atom. The van der Waals surface area contributed by atoms with Gasteiger partial charge in [-0.05, 0) is 17.5 Å². The molecular weight excluding hydrogens is 186 g/mol. The topological polar surface area (TPSA) is 17.1 Å². The summed E-state index contributed by atoms with van der Waals surface area (Å²) in [5, 5.41) is 0. The van der Waals surface area contributed by atoms with Gasteiger partial charge in [0.25, 0.3) is 0 Å². The van der Waals surface area contributed by atoms with Crippen LogP contribution in [0.3, 0.4) is 0 Å². The van der Waals surface area contributed by atoms with Crippen LogP contribution in [0.15, 0.2) is 18.2 Å². The van der Waals surface area contributed by atoms with Gasteiger partial charge in [-0.3, -0.25) is 0 Å². The predicted molar refractivity (Wildman–Crippen MR) is 50.0 cm³/mol. The summed E-state index contributed by atoms with van der Waals surface area (Å²) in [5.74, 6) is -1.78. The summed E-state index contributed by atoms with van der Waals surface area (Å²) in [5.41, 5.74) is 0.261. The Kier molecular flexibility index (Phi) is 3.33. The lowest BCUT2D eigenvalue weighted by atomic mass is 9.89. The monoisotopic (exact) mass is 198 g/mol. The molecule has 1 rings (SSSR count). The third-order valence-electron chi connectivity index (χ3n) is 2.19. The zero-order chi connectivity index (χ0) is 10.7. The highest BCUT2D eigenvalue weighted by Gasteiger charge is 2.18. The number of rotatable bonds is 3. The van der Waals surface area contributed by atoms with Crippen LogP contribution in [0.1, 0.15) is 25.3 Å². The van der Waals surface area contributed by atoms with Gasteiger partial charge in [-0.1, -0.05) is 19.9 Å². The van der Waals surface area contributed by atoms with E-state index in [1.54, 1.807) is 0 Å². The van der Waals surface area contributed by atoms with Gasteiger partial charge in [-0.25, -0.2) is 8.78 Å². The van der Waals surface area contributed by atoms with E-state index in [-0.39, 0.29) is 11.5 Å². The van der Waals surface area contributed by atoms with Gasteiger partial charge >= 0.3 is 0 Å². The third-order valence-corrected chi connectivity index (χ3v) is 2.19. The quantitative estimate of drug-likeness (QED) is 0.682. The zero-order valence-corrected chi connectivity index (χ0v) is 8.13. The van der Waals surface area contributed by atoms with Gasteiger partial charge < -0.3 is 4.79 Å². The lowest BCUT2D eigenvalue weighted by Crippen LogP contribution is -2.10. The zero-order valence-electron chi connectivity index (χ0n) is 8.13. The molecule has 1 aromatic rings. The van der Waals surface area contributed by atoms with E-state index >= 15 is 0 Å². The van der Waals surface area contributed by atoms with Crippen LogP contribution in [0.2, 0.25) is 0 Å². The van der Waals surface area contributed by atoms with E-state index in [2.05, 4.69) is 0 Å². The summed E-state index contributed by atoms with van der Waals surface area (Å²) in [6.07, 6.45) is 0.695. The number of carbonyl (C=O) groups is 1. The van der Waals surface area contributed by atoms with E-state index in [0.29, 0.717) is 6.29 Å². The highest BCUT2D eigenvalue weighted by Crippen LogP contribution is 2.24. The molecule has 0 aliphatic heterocycles. The normalized spacial score (nSPS) is 12.9. The Hall–Kier alpha value is -1.25. The van der Waals surface area contributed by atoms with Gasteiger partial charge in [0.2, 0.25) is 0 Å². The summed E-state index contributed by atoms with van der Waals surface area (Å²) >= 11 is 0. The van der Waals surface area contributed by atoms with E-state index in [1.807, 2.05) is 13.8 Å². The molecule has 3 heteroatoms. The largest absolute Gasteiger partial charge is 0.303 e. The van der Waals surface area contributed by atoms with Gasteiger partial charge in [-0.15, -0.1) is 0 Å². The van der Waals surface area contributed by atoms with Gasteiger partial charge in [-0.2, -0.15) is 0 Å². The maximum absolute atomic E-state index is 13.2. The molecule has 0 bridgehead atoms. The molecule has 0 N–H and O–H groups in total. The molecule has 0 amide bonds. The lowest BCUT2D eigenvalue weighted by Gasteiger charge is -2.15. The molecule has 0 aliphatic carbocycles. The molecule has 0 spiro atoms. The fourth-order valence-corrected chi connectivity index (χ4v) is 1.36. The minimum atomic E-state index is -0.657. The molecule has 1 atom stereocenters. The second-order valence-electron chi connectivity index (χ2n) is 3.57. The van der Waals surface area contributed by atoms with Crippen LogP contribution in [0.5, 0.6) is 0 Å². The standard InChI is InChI=1S/C11H12F2O/c1-7(2)10(6-14)9-4-3-8(12)5-11(9)13/h3-7,10H,1-2H3. The van der Waals surface area contributed by atoms with E-state index in [1.165, 1.54) is 6.07 Å². The maximum atomic E-state index is 13.2. The highest BCUT2D eigenvalue weighted by atomic mass is 19.1. The first kappa shape index (κ1) is 10.8. The van der Waals surface area contributed by atoms with Crippen LogP contribution in [-0.2, 0) is 4.79 Å². The Morgan fingerprint density at radius 3 is 2.36 bits per heavy atom. The van der Waals surface area contributed by atoms with Crippen molar-refractivity contribution in [3.8, 4) is 0 Å². The fraction of sp³-hybridized carbons (Fsp3) is 0.364. The van der Waals surface area contributed by atoms with Crippen molar-refractivity contribution in [3.05, 3.63) is 35.4 Å². The first-order chi connectivity index (χ1) is 6.56. The predicted octanol–water partition coefficient (Wildman–Crippen LogP) is 2.90. The summed E-state index contributed by atoms with van der Waals surface area (Å²) < 4.78 is 25.8. The average molecular weight is 198 g/mol. The molecule has 0 fully saturated rings. The van der Waals surface area contributed by atoms with Crippen molar-refractivity contribution < 1.29 is 13.6 Å². The Bertz CT molecular complexity index is 334. The molecule has 14 heavy (non-hydrogen) atoms. The van der Waals surface area contributed by atoms with Crippen LogP contribution in [-0.4, -0.2) is 6.29 Å². The molecule has 0 heterocycles. The SMILES string of the molecule is CC(C)C(C=O)c1ccc(F)cc1F. The van der Waals surface area contributed by atoms with Gasteiger partial charge in [0.05, 0.1) is 0 Å². The third kappa shape index (κ3) is 2.16. The van der Waals surface area contributed by atoms with E-state index in [4.69, 9.17) is 0 Å². The van der Waals surface area contributed by atoms with Crippen LogP contribution >= 0.6 is 0 Å². The Balaban J connectivity index is 3.10. The molecule has 0 saturated heterocycles. The molecule has 1 aromatic carbocycles. The maximum Gasteiger partial charge on any atom is 0.130 e. The van der Waals surface area contributed by atoms with Gasteiger partial charge in [0, 0.05) is 12.0 Å². The van der Waals surface area contributed by atoms with Crippen molar-refractivity contribution in [1.29, 1.82) is 0 Å². The van der Waals surface area contributed by atoms with Crippen molar-refractivity contribution in [2.45, 2.75) is 19.8 Å². The number of halogens is 2. The van der Waals surface area contributed by atoms with Crippen LogP contribution < -0.4 is 0 Å². The van der Waals surface area contributed by atoms with E-state index in [0.717, 1.165) is 12.1 Å². The van der Waals surface area contributed by atoms with E-state index in [9.17, 15) is 13.6 Å². The van der Waals surface area contributed by atoms with Crippen molar-refractivity contribution in [1.82, 2.24) is 0 Å². The summed E-state index contributed by atoms with van der Waals surface area (Å²) in [6, 6.07) is 3.29. The van der Waals surface area contributed by atoms with Crippen LogP contribution in [0, 0.1) is 17.6 Å². The molecule has 0 aromatic heterocycles. The second-order valence-corrected chi connectivity index (χ2v) is 3.57. The lowest BCUT2D eigenvalue weighted by molar-refractivity contribution is -0.109. The van der Waals surface area contributed by atoms with Gasteiger partial charge in [0.15, 0.2) is 0 Å². The van der Waals surface area contributed by atoms with Crippen LogP contribution in [0.25, 0.3) is 0 Å². The van der Waals surface area contributed by atoms with Crippen molar-refractivity contribution in [2.75, 3.05) is 0 Å². The summed E-state index contributed by atoms with van der Waals surface area (Å²) in [4.78, 5) is 10.7. The number of hydrogen-bond donors (Lipinski definition) is 0. The molecule has 0 saturated carbocycles. The molecule has 1 nitrogen and oxygen atoms in total. The first-order valence-corrected chi connectivity index (χ1v) is 4.46. The summed E-state index contributed by atoms with van der Waals surface area (Å²) in [6.45, 7) is 3.64. The number of carbonyl (C=O) groups excluding carboxylic acids is 1. The molecule has 0 aliphatic rings. The van der Waals surface area contributed by atoms with Crippen molar-refractivity contribution in [2.24, 2.45) is 5.92 Å². The highest BCUT2D eigenvalue weighted by molar-refractivity contribution is 5.62. The first-order valence-electron chi connectivity index (χ1n) is 4.46. The molecular formula is C11H12F2O. The Morgan fingerprint density at radius 1 is 1.29 bits per heavy atom. The van der Waals surface area contributed by atoms with Gasteiger partial charge in [0.1, 0.15) is 17.9 Å². The minimum Gasteiger partial charge on any atom is -0.303 e. The number of hydrogen-bond acceptors (Lipinski definition) is 1. The van der Waals surface area contributed by atoms with Crippen LogP contribution in [0.4, 0.5) is 8.78 Å². The molecule has 1 unspecified atom stereocenters. The fourth-order valence-electron chi connectivity index (χ4n) is 1.36. The number of benzene rings is 1. The Labute approximate surface area is 81.7 Å². The molecule has 0 radical (unpaired) electrons. The molecule has 76 valence electrons.